The van der Waals surface area contributed by atoms with E-state index in [0.29, 0.717) is 18.1 Å². The number of ether oxygens (including phenoxy) is 2. The predicted octanol–water partition coefficient (Wildman–Crippen LogP) is 4.74. The summed E-state index contributed by atoms with van der Waals surface area (Å²) in [6.07, 6.45) is 7.04. The largest absolute Gasteiger partial charge is 0.496 e. The van der Waals surface area contributed by atoms with Crippen LogP contribution in [0.15, 0.2) is 42.5 Å². The molecular formula is C26H33N5O2. The summed E-state index contributed by atoms with van der Waals surface area (Å²) in [5, 5.41) is 7.81. The number of piperidine rings is 1. The standard InChI is InChI=1S/C26H33N5O2/c1-4-26-29-23-9-8-22(33-21-11-14-30(15-12-21)18(2)27)17-24(23)31(26)13-5-6-19-16-20(28)7-10-25(19)32-3/h5-10,16-17,21,27H,4,11-15,28H2,1-3H3/b6-5+,27-18?. The number of nitrogen functional groups attached to an aromatic ring is 1. The molecule has 3 N–H and O–H groups in total. The van der Waals surface area contributed by atoms with E-state index in [1.165, 1.54) is 0 Å². The SMILES string of the molecule is CCc1nc2ccc(OC3CCN(C(C)=N)CC3)cc2n1C/C=C/c1cc(N)ccc1OC. The molecule has 0 amide bonds. The highest BCUT2D eigenvalue weighted by Gasteiger charge is 2.21. The Balaban J connectivity index is 1.53. The number of imidazole rings is 1. The number of fused-ring (bicyclic) bond motifs is 1. The number of likely N-dealkylation sites (tertiary alicyclic amines) is 1. The summed E-state index contributed by atoms with van der Waals surface area (Å²) in [4.78, 5) is 6.92. The van der Waals surface area contributed by atoms with E-state index >= 15 is 0 Å². The molecule has 0 unspecified atom stereocenters. The Morgan fingerprint density at radius 3 is 2.70 bits per heavy atom. The first-order valence-electron chi connectivity index (χ1n) is 11.5. The summed E-state index contributed by atoms with van der Waals surface area (Å²) in [7, 11) is 1.67. The highest BCUT2D eigenvalue weighted by atomic mass is 16.5. The Morgan fingerprint density at radius 1 is 1.21 bits per heavy atom. The molecule has 7 heteroatoms. The molecule has 0 atom stereocenters. The predicted molar refractivity (Wildman–Crippen MR) is 134 cm³/mol. The topological polar surface area (TPSA) is 89.4 Å². The van der Waals surface area contributed by atoms with Crippen LogP contribution in [-0.2, 0) is 13.0 Å². The van der Waals surface area contributed by atoms with Crippen molar-refractivity contribution in [2.75, 3.05) is 25.9 Å². The average molecular weight is 448 g/mol. The minimum Gasteiger partial charge on any atom is -0.496 e. The minimum atomic E-state index is 0.177. The molecule has 4 rings (SSSR count). The van der Waals surface area contributed by atoms with Crippen molar-refractivity contribution >= 4 is 28.6 Å². The molecule has 1 saturated heterocycles. The van der Waals surface area contributed by atoms with Crippen LogP contribution in [0.5, 0.6) is 11.5 Å². The van der Waals surface area contributed by atoms with E-state index < -0.39 is 0 Å². The fourth-order valence-corrected chi connectivity index (χ4v) is 4.37. The highest BCUT2D eigenvalue weighted by molar-refractivity contribution is 5.78. The van der Waals surface area contributed by atoms with Crippen LogP contribution in [-0.4, -0.2) is 46.6 Å². The molecule has 1 fully saturated rings. The van der Waals surface area contributed by atoms with Gasteiger partial charge in [-0.2, -0.15) is 0 Å². The Hall–Kier alpha value is -3.48. The smallest absolute Gasteiger partial charge is 0.126 e. The fraction of sp³-hybridized carbons (Fsp3) is 0.385. The number of hydrogen-bond acceptors (Lipinski definition) is 5. The zero-order chi connectivity index (χ0) is 23.4. The number of nitrogens with one attached hydrogen (secondary N) is 1. The van der Waals surface area contributed by atoms with E-state index in [9.17, 15) is 0 Å². The fourth-order valence-electron chi connectivity index (χ4n) is 4.37. The number of benzene rings is 2. The lowest BCUT2D eigenvalue weighted by Gasteiger charge is -2.32. The van der Waals surface area contributed by atoms with Crippen molar-refractivity contribution in [2.24, 2.45) is 0 Å². The van der Waals surface area contributed by atoms with Crippen molar-refractivity contribution in [3.63, 3.8) is 0 Å². The highest BCUT2D eigenvalue weighted by Crippen LogP contribution is 2.26. The first-order chi connectivity index (χ1) is 16.0. The van der Waals surface area contributed by atoms with Crippen molar-refractivity contribution in [1.82, 2.24) is 14.5 Å². The zero-order valence-corrected chi connectivity index (χ0v) is 19.7. The second kappa shape index (κ2) is 9.98. The number of aromatic nitrogens is 2. The third-order valence-corrected chi connectivity index (χ3v) is 6.17. The first-order valence-corrected chi connectivity index (χ1v) is 11.5. The maximum absolute atomic E-state index is 7.81. The number of allylic oxidation sites excluding steroid dienone is 1. The summed E-state index contributed by atoms with van der Waals surface area (Å²) < 4.78 is 14.0. The molecule has 1 aliphatic rings. The van der Waals surface area contributed by atoms with Crippen LogP contribution in [0, 0.1) is 5.41 Å². The first kappa shape index (κ1) is 22.7. The lowest BCUT2D eigenvalue weighted by molar-refractivity contribution is 0.130. The molecule has 2 aromatic carbocycles. The van der Waals surface area contributed by atoms with Gasteiger partial charge in [-0.1, -0.05) is 19.1 Å². The molecule has 0 spiro atoms. The van der Waals surface area contributed by atoms with E-state index in [1.54, 1.807) is 7.11 Å². The second-order valence-corrected chi connectivity index (χ2v) is 8.44. The zero-order valence-electron chi connectivity index (χ0n) is 19.7. The molecule has 174 valence electrons. The second-order valence-electron chi connectivity index (χ2n) is 8.44. The van der Waals surface area contributed by atoms with Gasteiger partial charge >= 0.3 is 0 Å². The third kappa shape index (κ3) is 5.13. The van der Waals surface area contributed by atoms with Crippen LogP contribution in [0.25, 0.3) is 17.1 Å². The molecule has 3 aromatic rings. The van der Waals surface area contributed by atoms with Gasteiger partial charge in [-0.15, -0.1) is 0 Å². The van der Waals surface area contributed by atoms with Gasteiger partial charge < -0.3 is 24.7 Å². The molecule has 0 aliphatic carbocycles. The lowest BCUT2D eigenvalue weighted by atomic mass is 10.1. The molecule has 2 heterocycles. The molecule has 0 bridgehead atoms. The molecule has 33 heavy (non-hydrogen) atoms. The van der Waals surface area contributed by atoms with E-state index in [-0.39, 0.29) is 6.10 Å². The molecule has 0 radical (unpaired) electrons. The number of amidine groups is 1. The maximum Gasteiger partial charge on any atom is 0.126 e. The number of rotatable bonds is 7. The van der Waals surface area contributed by atoms with Gasteiger partial charge in [0.05, 0.1) is 24.0 Å². The van der Waals surface area contributed by atoms with Crippen molar-refractivity contribution in [1.29, 1.82) is 5.41 Å². The number of methoxy groups -OCH3 is 1. The average Bonchev–Trinajstić information content (AvgIpc) is 3.16. The van der Waals surface area contributed by atoms with E-state index in [0.717, 1.165) is 66.3 Å². The van der Waals surface area contributed by atoms with Crippen LogP contribution in [0.2, 0.25) is 0 Å². The minimum absolute atomic E-state index is 0.177. The molecular weight excluding hydrogens is 414 g/mol. The normalized spacial score (nSPS) is 14.8. The van der Waals surface area contributed by atoms with Gasteiger partial charge in [-0.25, -0.2) is 4.98 Å². The Bertz CT molecular complexity index is 1160. The molecule has 1 aromatic heterocycles. The summed E-state index contributed by atoms with van der Waals surface area (Å²) in [6, 6.07) is 11.8. The van der Waals surface area contributed by atoms with Crippen molar-refractivity contribution in [3.8, 4) is 11.5 Å². The summed E-state index contributed by atoms with van der Waals surface area (Å²) >= 11 is 0. The molecule has 0 saturated carbocycles. The van der Waals surface area contributed by atoms with Crippen LogP contribution >= 0.6 is 0 Å². The Morgan fingerprint density at radius 2 is 2.00 bits per heavy atom. The lowest BCUT2D eigenvalue weighted by Crippen LogP contribution is -2.40. The number of hydrogen-bond donors (Lipinski definition) is 2. The van der Waals surface area contributed by atoms with Gasteiger partial charge in [-0.05, 0) is 37.3 Å². The van der Waals surface area contributed by atoms with Gasteiger partial charge in [0.1, 0.15) is 23.4 Å². The number of anilines is 1. The number of aryl methyl sites for hydroxylation is 1. The Kier molecular flexibility index (Phi) is 6.87. The van der Waals surface area contributed by atoms with Crippen LogP contribution in [0.4, 0.5) is 5.69 Å². The van der Waals surface area contributed by atoms with Crippen molar-refractivity contribution in [2.45, 2.75) is 45.8 Å². The van der Waals surface area contributed by atoms with Crippen LogP contribution in [0.1, 0.15) is 38.1 Å². The third-order valence-electron chi connectivity index (χ3n) is 6.17. The van der Waals surface area contributed by atoms with Gasteiger partial charge in [0.2, 0.25) is 0 Å². The summed E-state index contributed by atoms with van der Waals surface area (Å²) in [5.41, 5.74) is 9.66. The van der Waals surface area contributed by atoms with Crippen molar-refractivity contribution < 1.29 is 9.47 Å². The molecule has 1 aliphatic heterocycles. The van der Waals surface area contributed by atoms with E-state index in [2.05, 4.69) is 28.5 Å². The van der Waals surface area contributed by atoms with E-state index in [4.69, 9.17) is 25.6 Å². The number of nitrogens with zero attached hydrogens (tertiary/aromatic N) is 3. The van der Waals surface area contributed by atoms with Gasteiger partial charge in [0.15, 0.2) is 0 Å². The van der Waals surface area contributed by atoms with E-state index in [1.807, 2.05) is 43.3 Å². The Labute approximate surface area is 195 Å². The molecule has 7 nitrogen and oxygen atoms in total. The summed E-state index contributed by atoms with van der Waals surface area (Å²) in [6.45, 7) is 6.41. The van der Waals surface area contributed by atoms with Gasteiger partial charge in [0, 0.05) is 56.2 Å². The maximum atomic E-state index is 7.81. The quantitative estimate of drug-likeness (QED) is 0.310. The van der Waals surface area contributed by atoms with Crippen molar-refractivity contribution in [3.05, 3.63) is 53.9 Å². The van der Waals surface area contributed by atoms with Crippen LogP contribution < -0.4 is 15.2 Å². The van der Waals surface area contributed by atoms with Gasteiger partial charge in [0.25, 0.3) is 0 Å². The summed E-state index contributed by atoms with van der Waals surface area (Å²) in [5.74, 6) is 3.35. The number of nitrogens with two attached hydrogens (primary N) is 1. The van der Waals surface area contributed by atoms with Gasteiger partial charge in [-0.3, -0.25) is 5.41 Å². The monoisotopic (exact) mass is 447 g/mol. The van der Waals surface area contributed by atoms with Crippen LogP contribution in [0.3, 0.4) is 0 Å².